The third-order valence-electron chi connectivity index (χ3n) is 4.28. The van der Waals surface area contributed by atoms with Crippen molar-refractivity contribution in [2.75, 3.05) is 13.1 Å². The number of hydrogen-bond donors (Lipinski definition) is 1. The van der Waals surface area contributed by atoms with E-state index in [1.165, 1.54) is 10.9 Å². The van der Waals surface area contributed by atoms with Crippen LogP contribution in [0.15, 0.2) is 30.6 Å². The highest BCUT2D eigenvalue weighted by Gasteiger charge is 2.32. The van der Waals surface area contributed by atoms with E-state index in [-0.39, 0.29) is 18.4 Å². The van der Waals surface area contributed by atoms with Gasteiger partial charge in [0.25, 0.3) is 5.91 Å². The number of piperidine rings is 1. The van der Waals surface area contributed by atoms with Crippen LogP contribution >= 0.6 is 23.2 Å². The number of benzene rings is 1. The van der Waals surface area contributed by atoms with Gasteiger partial charge in [-0.2, -0.15) is 5.10 Å². The fourth-order valence-corrected chi connectivity index (χ4v) is 3.61. The molecule has 1 aliphatic heterocycles. The number of likely N-dealkylation sites (tertiary alicyclic amines) is 1. The van der Waals surface area contributed by atoms with E-state index in [1.54, 1.807) is 29.3 Å². The summed E-state index contributed by atoms with van der Waals surface area (Å²) in [6.45, 7) is 2.70. The van der Waals surface area contributed by atoms with E-state index < -0.39 is 11.9 Å². The van der Waals surface area contributed by atoms with Gasteiger partial charge >= 0.3 is 5.97 Å². The van der Waals surface area contributed by atoms with Crippen molar-refractivity contribution in [3.05, 3.63) is 46.2 Å². The Bertz CT molecular complexity index is 821. The molecule has 6 nitrogen and oxygen atoms in total. The van der Waals surface area contributed by atoms with Gasteiger partial charge in [-0.1, -0.05) is 30.1 Å². The van der Waals surface area contributed by atoms with E-state index in [1.807, 2.05) is 6.92 Å². The maximum absolute atomic E-state index is 12.7. The van der Waals surface area contributed by atoms with Crippen molar-refractivity contribution in [1.82, 2.24) is 14.7 Å². The van der Waals surface area contributed by atoms with Crippen molar-refractivity contribution in [3.63, 3.8) is 0 Å². The molecule has 1 aromatic carbocycles. The number of carbonyl (C=O) groups is 2. The number of aromatic nitrogens is 2. The monoisotopic (exact) mass is 381 g/mol. The molecule has 1 aliphatic rings. The van der Waals surface area contributed by atoms with Gasteiger partial charge in [0.1, 0.15) is 0 Å². The number of hydrogen-bond acceptors (Lipinski definition) is 3. The Morgan fingerprint density at radius 3 is 2.72 bits per heavy atom. The first kappa shape index (κ1) is 17.8. The Morgan fingerprint density at radius 1 is 1.28 bits per heavy atom. The van der Waals surface area contributed by atoms with Crippen molar-refractivity contribution in [2.45, 2.75) is 13.3 Å². The normalized spacial score (nSPS) is 20.5. The van der Waals surface area contributed by atoms with Gasteiger partial charge in [-0.15, -0.1) is 0 Å². The minimum Gasteiger partial charge on any atom is -0.481 e. The molecule has 132 valence electrons. The number of halogens is 2. The average Bonchev–Trinajstić information content (AvgIpc) is 3.03. The molecule has 1 fully saturated rings. The van der Waals surface area contributed by atoms with Crippen molar-refractivity contribution < 1.29 is 14.7 Å². The lowest BCUT2D eigenvalue weighted by atomic mass is 9.90. The van der Waals surface area contributed by atoms with E-state index in [9.17, 15) is 14.7 Å². The predicted octanol–water partition coefficient (Wildman–Crippen LogP) is 3.36. The summed E-state index contributed by atoms with van der Waals surface area (Å²) in [5.41, 5.74) is 1.00. The molecule has 0 saturated carbocycles. The molecule has 3 rings (SSSR count). The van der Waals surface area contributed by atoms with Crippen molar-refractivity contribution in [3.8, 4) is 5.69 Å². The van der Waals surface area contributed by atoms with E-state index in [4.69, 9.17) is 23.2 Å². The third kappa shape index (κ3) is 3.80. The van der Waals surface area contributed by atoms with Crippen LogP contribution in [0.5, 0.6) is 0 Å². The number of carboxylic acids is 1. The van der Waals surface area contributed by atoms with Crippen molar-refractivity contribution in [2.24, 2.45) is 11.8 Å². The van der Waals surface area contributed by atoms with E-state index >= 15 is 0 Å². The van der Waals surface area contributed by atoms with Crippen molar-refractivity contribution in [1.29, 1.82) is 0 Å². The molecule has 2 aromatic rings. The summed E-state index contributed by atoms with van der Waals surface area (Å²) in [6, 6.07) is 5.01. The zero-order valence-electron chi connectivity index (χ0n) is 13.5. The summed E-state index contributed by atoms with van der Waals surface area (Å²) in [5, 5.41) is 14.4. The molecule has 0 aliphatic carbocycles. The first-order chi connectivity index (χ1) is 11.8. The molecule has 0 bridgehead atoms. The van der Waals surface area contributed by atoms with Crippen molar-refractivity contribution >= 4 is 35.1 Å². The summed E-state index contributed by atoms with van der Waals surface area (Å²) in [5.74, 6) is -1.49. The number of aliphatic carboxylic acids is 1. The molecule has 0 spiro atoms. The van der Waals surface area contributed by atoms with Crippen LogP contribution in [0, 0.1) is 11.8 Å². The fraction of sp³-hybridized carbons (Fsp3) is 0.353. The SMILES string of the molecule is CC1CC(C(=O)O)CN(C(=O)c2cnn(-c3ccc(Cl)cc3Cl)c2)C1. The molecule has 25 heavy (non-hydrogen) atoms. The summed E-state index contributed by atoms with van der Waals surface area (Å²) in [6.07, 6.45) is 3.63. The quantitative estimate of drug-likeness (QED) is 0.883. The van der Waals surface area contributed by atoms with Crippen LogP contribution in [-0.2, 0) is 4.79 Å². The first-order valence-corrected chi connectivity index (χ1v) is 8.63. The molecule has 1 aromatic heterocycles. The number of nitrogens with zero attached hydrogens (tertiary/aromatic N) is 3. The van der Waals surface area contributed by atoms with Gasteiger partial charge in [-0.3, -0.25) is 9.59 Å². The largest absolute Gasteiger partial charge is 0.481 e. The number of carboxylic acid groups (broad SMARTS) is 1. The van der Waals surface area contributed by atoms with Crippen LogP contribution in [0.4, 0.5) is 0 Å². The highest BCUT2D eigenvalue weighted by atomic mass is 35.5. The van der Waals surface area contributed by atoms with Crippen LogP contribution in [0.1, 0.15) is 23.7 Å². The van der Waals surface area contributed by atoms with Gasteiger partial charge in [-0.25, -0.2) is 4.68 Å². The summed E-state index contributed by atoms with van der Waals surface area (Å²) in [7, 11) is 0. The molecular weight excluding hydrogens is 365 g/mol. The van der Waals surface area contributed by atoms with Crippen LogP contribution in [0.25, 0.3) is 5.69 Å². The number of carbonyl (C=O) groups excluding carboxylic acids is 1. The Balaban J connectivity index is 1.82. The number of rotatable bonds is 3. The Kier molecular flexibility index (Phi) is 5.01. The lowest BCUT2D eigenvalue weighted by Crippen LogP contribution is -2.45. The first-order valence-electron chi connectivity index (χ1n) is 7.87. The third-order valence-corrected chi connectivity index (χ3v) is 4.82. The molecule has 2 atom stereocenters. The Hall–Kier alpha value is -2.05. The maximum Gasteiger partial charge on any atom is 0.308 e. The Labute approximate surface area is 154 Å². The molecule has 1 amide bonds. The van der Waals surface area contributed by atoms with Gasteiger partial charge in [-0.05, 0) is 30.5 Å². The minimum atomic E-state index is -0.868. The molecule has 0 radical (unpaired) electrons. The molecular formula is C17H17Cl2N3O3. The second kappa shape index (κ2) is 7.06. The second-order valence-corrected chi connectivity index (χ2v) is 7.20. The van der Waals surface area contributed by atoms with E-state index in [2.05, 4.69) is 5.10 Å². The summed E-state index contributed by atoms with van der Waals surface area (Å²) in [4.78, 5) is 25.6. The van der Waals surface area contributed by atoms with E-state index in [0.29, 0.717) is 34.3 Å². The average molecular weight is 382 g/mol. The highest BCUT2D eigenvalue weighted by molar-refractivity contribution is 6.35. The fourth-order valence-electron chi connectivity index (χ4n) is 3.11. The van der Waals surface area contributed by atoms with E-state index in [0.717, 1.165) is 0 Å². The van der Waals surface area contributed by atoms with Gasteiger partial charge < -0.3 is 10.0 Å². The predicted molar refractivity (Wildman–Crippen MR) is 94.4 cm³/mol. The topological polar surface area (TPSA) is 75.4 Å². The smallest absolute Gasteiger partial charge is 0.308 e. The van der Waals surface area contributed by atoms with Gasteiger partial charge in [0.2, 0.25) is 0 Å². The Morgan fingerprint density at radius 2 is 2.04 bits per heavy atom. The molecule has 8 heteroatoms. The van der Waals surface area contributed by atoms with Crippen LogP contribution in [-0.4, -0.2) is 44.8 Å². The molecule has 1 saturated heterocycles. The van der Waals surface area contributed by atoms with Crippen LogP contribution in [0.3, 0.4) is 0 Å². The van der Waals surface area contributed by atoms with Gasteiger partial charge in [0.15, 0.2) is 0 Å². The maximum atomic E-state index is 12.7. The lowest BCUT2D eigenvalue weighted by molar-refractivity contribution is -0.143. The zero-order chi connectivity index (χ0) is 18.1. The summed E-state index contributed by atoms with van der Waals surface area (Å²) < 4.78 is 1.51. The van der Waals surface area contributed by atoms with Gasteiger partial charge in [0, 0.05) is 24.3 Å². The van der Waals surface area contributed by atoms with Gasteiger partial charge in [0.05, 0.1) is 28.4 Å². The number of amides is 1. The van der Waals surface area contributed by atoms with Crippen LogP contribution < -0.4 is 0 Å². The standard InChI is InChI=1S/C17H17Cl2N3O3/c1-10-4-11(17(24)25)8-21(7-10)16(23)12-6-20-22(9-12)15-3-2-13(18)5-14(15)19/h2-3,5-6,9-11H,4,7-8H2,1H3,(H,24,25). The molecule has 2 unspecified atom stereocenters. The lowest BCUT2D eigenvalue weighted by Gasteiger charge is -2.34. The second-order valence-electron chi connectivity index (χ2n) is 6.36. The van der Waals surface area contributed by atoms with Crippen LogP contribution in [0.2, 0.25) is 10.0 Å². The minimum absolute atomic E-state index is 0.138. The molecule has 1 N–H and O–H groups in total. The summed E-state index contributed by atoms with van der Waals surface area (Å²) >= 11 is 12.1. The highest BCUT2D eigenvalue weighted by Crippen LogP contribution is 2.26. The zero-order valence-corrected chi connectivity index (χ0v) is 15.0. The molecule has 2 heterocycles.